The molecule has 0 heterocycles. The van der Waals surface area contributed by atoms with Crippen LogP contribution in [0.3, 0.4) is 0 Å². The van der Waals surface area contributed by atoms with Gasteiger partial charge in [0.05, 0.1) is 24.4 Å². The van der Waals surface area contributed by atoms with Crippen LogP contribution in [0.25, 0.3) is 0 Å². The van der Waals surface area contributed by atoms with Crippen molar-refractivity contribution in [2.45, 2.75) is 33.1 Å². The number of carbonyl (C=O) groups is 2. The van der Waals surface area contributed by atoms with Crippen molar-refractivity contribution < 1.29 is 19.1 Å². The Morgan fingerprint density at radius 3 is 2.60 bits per heavy atom. The molecule has 0 bridgehead atoms. The monoisotopic (exact) mass is 475 g/mol. The number of benzene rings is 2. The van der Waals surface area contributed by atoms with Crippen molar-refractivity contribution in [1.82, 2.24) is 5.43 Å². The van der Waals surface area contributed by atoms with E-state index in [2.05, 4.69) is 31.8 Å². The Hall–Kier alpha value is -2.87. The number of amides is 2. The van der Waals surface area contributed by atoms with Gasteiger partial charge in [-0.05, 0) is 58.6 Å². The molecule has 0 fully saturated rings. The molecule has 2 aromatic carbocycles. The molecule has 2 N–H and O–H groups in total. The van der Waals surface area contributed by atoms with E-state index in [0.717, 1.165) is 27.7 Å². The average molecular weight is 476 g/mol. The molecular formula is C22H26BrN3O4. The van der Waals surface area contributed by atoms with E-state index >= 15 is 0 Å². The summed E-state index contributed by atoms with van der Waals surface area (Å²) in [4.78, 5) is 24.0. The molecule has 0 saturated carbocycles. The summed E-state index contributed by atoms with van der Waals surface area (Å²) in [6, 6.07) is 11.1. The number of hydrogen-bond acceptors (Lipinski definition) is 5. The quantitative estimate of drug-likeness (QED) is 0.393. The summed E-state index contributed by atoms with van der Waals surface area (Å²) in [6.45, 7) is 4.51. The van der Waals surface area contributed by atoms with Gasteiger partial charge in [0.25, 0.3) is 0 Å². The summed E-state index contributed by atoms with van der Waals surface area (Å²) in [7, 11) is 1.56. The maximum absolute atomic E-state index is 12.0. The zero-order valence-corrected chi connectivity index (χ0v) is 18.9. The fraction of sp³-hybridized carbons (Fsp3) is 0.318. The number of aryl methyl sites for hydroxylation is 1. The topological polar surface area (TPSA) is 89.0 Å². The lowest BCUT2D eigenvalue weighted by Gasteiger charge is -2.12. The lowest BCUT2D eigenvalue weighted by Crippen LogP contribution is -2.20. The first-order chi connectivity index (χ1) is 14.4. The Labute approximate surface area is 185 Å². The Kier molecular flexibility index (Phi) is 9.34. The van der Waals surface area contributed by atoms with E-state index in [4.69, 9.17) is 9.47 Å². The van der Waals surface area contributed by atoms with Crippen molar-refractivity contribution in [2.24, 2.45) is 5.10 Å². The van der Waals surface area contributed by atoms with Crippen molar-refractivity contribution in [3.05, 3.63) is 52.0 Å². The summed E-state index contributed by atoms with van der Waals surface area (Å²) >= 11 is 3.46. The van der Waals surface area contributed by atoms with E-state index in [1.165, 1.54) is 6.21 Å². The molecule has 2 aromatic rings. The predicted octanol–water partition coefficient (Wildman–Crippen LogP) is 4.42. The highest BCUT2D eigenvalue weighted by atomic mass is 79.9. The number of carbonyl (C=O) groups excluding carboxylic acids is 2. The second-order valence-electron chi connectivity index (χ2n) is 6.54. The number of halogens is 1. The molecule has 2 amide bonds. The normalized spacial score (nSPS) is 10.7. The second-order valence-corrected chi connectivity index (χ2v) is 7.39. The van der Waals surface area contributed by atoms with Crippen LogP contribution in [0.4, 0.5) is 5.69 Å². The van der Waals surface area contributed by atoms with E-state index in [1.54, 1.807) is 13.2 Å². The van der Waals surface area contributed by atoms with Crippen molar-refractivity contribution >= 4 is 39.6 Å². The summed E-state index contributed by atoms with van der Waals surface area (Å²) in [5, 5.41) is 6.75. The lowest BCUT2D eigenvalue weighted by molar-refractivity contribution is -0.124. The standard InChI is InChI=1S/C22H26BrN3O4/c1-4-11-30-22-17(23)12-16(13-19(22)29-3)14-24-26-21(28)10-9-20(27)25-18-8-6-5-7-15(18)2/h5-8,12-14H,4,9-11H2,1-3H3,(H,25,27)(H,26,28). The van der Waals surface area contributed by atoms with Crippen LogP contribution >= 0.6 is 15.9 Å². The molecule has 0 aliphatic heterocycles. The van der Waals surface area contributed by atoms with Gasteiger partial charge in [-0.3, -0.25) is 9.59 Å². The first kappa shape index (κ1) is 23.4. The van der Waals surface area contributed by atoms with Crippen LogP contribution < -0.4 is 20.2 Å². The van der Waals surface area contributed by atoms with E-state index in [0.29, 0.717) is 18.1 Å². The Morgan fingerprint density at radius 2 is 1.90 bits per heavy atom. The van der Waals surface area contributed by atoms with E-state index in [-0.39, 0.29) is 24.7 Å². The fourth-order valence-corrected chi connectivity index (χ4v) is 3.12. The summed E-state index contributed by atoms with van der Waals surface area (Å²) in [6.07, 6.45) is 2.49. The van der Waals surface area contributed by atoms with Gasteiger partial charge in [-0.25, -0.2) is 5.43 Å². The van der Waals surface area contributed by atoms with Crippen molar-refractivity contribution in [3.63, 3.8) is 0 Å². The molecule has 2 rings (SSSR count). The summed E-state index contributed by atoms with van der Waals surface area (Å²) in [5.74, 6) is 0.624. The molecule has 0 aliphatic rings. The molecule has 0 aliphatic carbocycles. The number of nitrogens with one attached hydrogen (secondary N) is 2. The number of nitrogens with zero attached hydrogens (tertiary/aromatic N) is 1. The minimum atomic E-state index is -0.347. The average Bonchev–Trinajstić information content (AvgIpc) is 2.73. The molecule has 8 heteroatoms. The third-order valence-corrected chi connectivity index (χ3v) is 4.69. The molecule has 7 nitrogen and oxygen atoms in total. The number of para-hydroxylation sites is 1. The molecule has 0 unspecified atom stereocenters. The maximum Gasteiger partial charge on any atom is 0.240 e. The number of methoxy groups -OCH3 is 1. The van der Waals surface area contributed by atoms with Crippen LogP contribution in [0.15, 0.2) is 46.0 Å². The number of hydrogen-bond donors (Lipinski definition) is 2. The highest BCUT2D eigenvalue weighted by Gasteiger charge is 2.11. The largest absolute Gasteiger partial charge is 0.493 e. The van der Waals surface area contributed by atoms with Gasteiger partial charge < -0.3 is 14.8 Å². The summed E-state index contributed by atoms with van der Waals surface area (Å²) in [5.41, 5.74) is 4.86. The minimum absolute atomic E-state index is 0.0336. The van der Waals surface area contributed by atoms with E-state index < -0.39 is 0 Å². The number of rotatable bonds is 10. The van der Waals surface area contributed by atoms with Gasteiger partial charge in [-0.2, -0.15) is 5.10 Å². The first-order valence-corrected chi connectivity index (χ1v) is 10.4. The Morgan fingerprint density at radius 1 is 1.17 bits per heavy atom. The molecule has 160 valence electrons. The van der Waals surface area contributed by atoms with Gasteiger partial charge in [0.1, 0.15) is 0 Å². The van der Waals surface area contributed by atoms with Crippen molar-refractivity contribution in [1.29, 1.82) is 0 Å². The number of anilines is 1. The van der Waals surface area contributed by atoms with E-state index in [1.807, 2.05) is 44.2 Å². The fourth-order valence-electron chi connectivity index (χ4n) is 2.55. The molecule has 0 atom stereocenters. The molecule has 0 radical (unpaired) electrons. The van der Waals surface area contributed by atoms with Gasteiger partial charge in [-0.1, -0.05) is 25.1 Å². The highest BCUT2D eigenvalue weighted by Crippen LogP contribution is 2.36. The molecule has 0 spiro atoms. The Balaban J connectivity index is 1.86. The molecule has 0 saturated heterocycles. The van der Waals surface area contributed by atoms with Crippen molar-refractivity contribution in [2.75, 3.05) is 19.0 Å². The van der Waals surface area contributed by atoms with Crippen LogP contribution in [0.5, 0.6) is 11.5 Å². The number of hydrazone groups is 1. The lowest BCUT2D eigenvalue weighted by atomic mass is 10.2. The van der Waals surface area contributed by atoms with Crippen LogP contribution in [-0.2, 0) is 9.59 Å². The van der Waals surface area contributed by atoms with Gasteiger partial charge in [0.2, 0.25) is 11.8 Å². The van der Waals surface area contributed by atoms with Gasteiger partial charge in [0.15, 0.2) is 11.5 Å². The summed E-state index contributed by atoms with van der Waals surface area (Å²) < 4.78 is 11.8. The van der Waals surface area contributed by atoms with E-state index in [9.17, 15) is 9.59 Å². The van der Waals surface area contributed by atoms with Crippen LogP contribution in [0, 0.1) is 6.92 Å². The molecular weight excluding hydrogens is 450 g/mol. The first-order valence-electron chi connectivity index (χ1n) is 9.62. The zero-order valence-electron chi connectivity index (χ0n) is 17.3. The third kappa shape index (κ3) is 7.18. The predicted molar refractivity (Wildman–Crippen MR) is 121 cm³/mol. The highest BCUT2D eigenvalue weighted by molar-refractivity contribution is 9.10. The van der Waals surface area contributed by atoms with Crippen LogP contribution in [-0.4, -0.2) is 31.7 Å². The van der Waals surface area contributed by atoms with Crippen molar-refractivity contribution in [3.8, 4) is 11.5 Å². The van der Waals surface area contributed by atoms with Gasteiger partial charge >= 0.3 is 0 Å². The maximum atomic E-state index is 12.0. The minimum Gasteiger partial charge on any atom is -0.493 e. The van der Waals surface area contributed by atoms with Crippen LogP contribution in [0.1, 0.15) is 37.3 Å². The second kappa shape index (κ2) is 12.0. The smallest absolute Gasteiger partial charge is 0.240 e. The van der Waals surface area contributed by atoms with Gasteiger partial charge in [-0.15, -0.1) is 0 Å². The number of ether oxygens (including phenoxy) is 2. The van der Waals surface area contributed by atoms with Crippen LogP contribution in [0.2, 0.25) is 0 Å². The SMILES string of the molecule is CCCOc1c(Br)cc(C=NNC(=O)CCC(=O)Nc2ccccc2C)cc1OC. The van der Waals surface area contributed by atoms with Gasteiger partial charge in [0, 0.05) is 18.5 Å². The third-order valence-electron chi connectivity index (χ3n) is 4.10. The Bertz CT molecular complexity index is 915. The molecule has 0 aromatic heterocycles. The molecule has 30 heavy (non-hydrogen) atoms. The zero-order chi connectivity index (χ0) is 21.9.